The molecule has 3 aromatic heterocycles. The summed E-state index contributed by atoms with van der Waals surface area (Å²) in [6.07, 6.45) is 0. The molecule has 0 spiro atoms. The molecular formula is C42F24N6. The van der Waals surface area contributed by atoms with Crippen molar-refractivity contribution in [3.8, 4) is 33.4 Å². The van der Waals surface area contributed by atoms with Crippen LogP contribution >= 0.6 is 0 Å². The topological polar surface area (TPSA) is 77.3 Å². The van der Waals surface area contributed by atoms with Gasteiger partial charge in [0.25, 0.3) is 0 Å². The highest BCUT2D eigenvalue weighted by atomic mass is 19.2. The normalized spacial score (nSPS) is 12.2. The van der Waals surface area contributed by atoms with E-state index in [4.69, 9.17) is 0 Å². The highest BCUT2D eigenvalue weighted by molar-refractivity contribution is 6.21. The Morgan fingerprint density at radius 1 is 0.111 bits per heavy atom. The van der Waals surface area contributed by atoms with Crippen LogP contribution in [0.2, 0.25) is 0 Å². The molecule has 0 aliphatic heterocycles. The van der Waals surface area contributed by atoms with E-state index in [0.29, 0.717) is 0 Å². The predicted octanol–water partition coefficient (Wildman–Crippen LogP) is 13.3. The Hall–Kier alpha value is -8.34. The van der Waals surface area contributed by atoms with Gasteiger partial charge in [-0.2, -0.15) is 0 Å². The second-order valence-corrected chi connectivity index (χ2v) is 14.6. The maximum absolute atomic E-state index is 16.4. The van der Waals surface area contributed by atoms with Crippen molar-refractivity contribution in [2.75, 3.05) is 0 Å². The van der Waals surface area contributed by atoms with Gasteiger partial charge >= 0.3 is 0 Å². The summed E-state index contributed by atoms with van der Waals surface area (Å²) in [5.41, 5.74) is -34.5. The minimum atomic E-state index is -2.94. The zero-order valence-corrected chi connectivity index (χ0v) is 32.8. The van der Waals surface area contributed by atoms with Gasteiger partial charge in [-0.25, -0.2) is 135 Å². The molecule has 0 aliphatic rings. The Labute approximate surface area is 374 Å². The van der Waals surface area contributed by atoms with Crippen LogP contribution in [0.4, 0.5) is 105 Å². The first kappa shape index (κ1) is 47.3. The smallest absolute Gasteiger partial charge is 0.200 e. The SMILES string of the molecule is Fc1c(F)c(F)c(-c2c(F)c(F)c3nc4c5nc6c(F)c(-c7c(F)c(F)c(F)c(F)c7F)c(F)c(F)c6nc5c5nc6c(F)c(-c7c(F)c(F)c(F)c(F)c7F)c(F)c(F)c6nc5c4nc3c2F)c(F)c1F. The Morgan fingerprint density at radius 2 is 0.222 bits per heavy atom. The van der Waals surface area contributed by atoms with Gasteiger partial charge in [0.1, 0.15) is 66.2 Å². The summed E-state index contributed by atoms with van der Waals surface area (Å²) in [7, 11) is 0. The maximum atomic E-state index is 16.4. The molecule has 72 heavy (non-hydrogen) atoms. The van der Waals surface area contributed by atoms with Crippen molar-refractivity contribution in [1.29, 1.82) is 0 Å². The van der Waals surface area contributed by atoms with Crippen LogP contribution in [-0.4, -0.2) is 29.9 Å². The molecule has 0 saturated carbocycles. The second kappa shape index (κ2) is 15.6. The quantitative estimate of drug-likeness (QED) is 0.0577. The number of hydrogen-bond donors (Lipinski definition) is 0. The molecule has 366 valence electrons. The number of aromatic nitrogens is 6. The van der Waals surface area contributed by atoms with Gasteiger partial charge < -0.3 is 0 Å². The predicted molar refractivity (Wildman–Crippen MR) is 194 cm³/mol. The van der Waals surface area contributed by atoms with Gasteiger partial charge in [0.15, 0.2) is 122 Å². The summed E-state index contributed by atoms with van der Waals surface area (Å²) >= 11 is 0. The standard InChI is InChI=1S/C42F24N6/c43-7-1(8(44)20(56)25(61)19(7)55)4-13(49)28(64)34-31(16(4)52)67-37-40(70-34)38-42(72-36-30(66)15(51)6(18(54)33(36)68-38)3-11(47)23(59)27(63)24(60)12(3)48)39-41(37)71-35-29(65)14(50)5(17(53)32(35)69-39)2-9(45)21(57)26(62)22(58)10(2)46. The summed E-state index contributed by atoms with van der Waals surface area (Å²) < 4.78 is 361. The van der Waals surface area contributed by atoms with E-state index in [-0.39, 0.29) is 0 Å². The lowest BCUT2D eigenvalue weighted by Gasteiger charge is -2.16. The third-order valence-electron chi connectivity index (χ3n) is 10.9. The molecule has 0 radical (unpaired) electrons. The summed E-state index contributed by atoms with van der Waals surface area (Å²) in [5, 5.41) is 0. The van der Waals surface area contributed by atoms with Crippen LogP contribution in [0.1, 0.15) is 0 Å². The maximum Gasteiger partial charge on any atom is 0.200 e. The Morgan fingerprint density at radius 3 is 0.389 bits per heavy atom. The van der Waals surface area contributed by atoms with Crippen molar-refractivity contribution < 1.29 is 105 Å². The van der Waals surface area contributed by atoms with Crippen LogP contribution < -0.4 is 0 Å². The van der Waals surface area contributed by atoms with E-state index >= 15 is 39.5 Å². The first-order chi connectivity index (χ1) is 33.8. The van der Waals surface area contributed by atoms with Crippen LogP contribution in [0.3, 0.4) is 0 Å². The van der Waals surface area contributed by atoms with Crippen LogP contribution in [0, 0.1) is 140 Å². The van der Waals surface area contributed by atoms with E-state index < -0.39 is 239 Å². The molecular weight excluding hydrogens is 1040 g/mol. The first-order valence-corrected chi connectivity index (χ1v) is 18.5. The van der Waals surface area contributed by atoms with Gasteiger partial charge in [0.2, 0.25) is 17.5 Å². The molecule has 0 saturated heterocycles. The first-order valence-electron chi connectivity index (χ1n) is 18.5. The minimum Gasteiger partial charge on any atom is -0.239 e. The van der Waals surface area contributed by atoms with E-state index in [9.17, 15) is 65.9 Å². The zero-order chi connectivity index (χ0) is 52.5. The third-order valence-corrected chi connectivity index (χ3v) is 10.9. The molecule has 10 aromatic rings. The monoisotopic (exact) mass is 1040 g/mol. The van der Waals surface area contributed by atoms with E-state index in [1.165, 1.54) is 0 Å². The van der Waals surface area contributed by atoms with Crippen molar-refractivity contribution >= 4 is 66.2 Å². The van der Waals surface area contributed by atoms with Crippen LogP contribution in [0.25, 0.3) is 99.6 Å². The van der Waals surface area contributed by atoms with E-state index in [1.54, 1.807) is 0 Å². The highest BCUT2D eigenvalue weighted by Gasteiger charge is 2.38. The number of benzene rings is 7. The van der Waals surface area contributed by atoms with Gasteiger partial charge in [-0.05, 0) is 0 Å². The Kier molecular flexibility index (Phi) is 10.2. The fraction of sp³-hybridized carbons (Fsp3) is 0. The zero-order valence-electron chi connectivity index (χ0n) is 32.8. The minimum absolute atomic E-state index is 1.42. The van der Waals surface area contributed by atoms with Crippen molar-refractivity contribution in [2.24, 2.45) is 0 Å². The third kappa shape index (κ3) is 5.93. The number of nitrogens with zero attached hydrogens (tertiary/aromatic N) is 6. The van der Waals surface area contributed by atoms with Crippen molar-refractivity contribution in [3.05, 3.63) is 140 Å². The molecule has 0 N–H and O–H groups in total. The lowest BCUT2D eigenvalue weighted by molar-refractivity contribution is 0.380. The second-order valence-electron chi connectivity index (χ2n) is 14.6. The van der Waals surface area contributed by atoms with Crippen LogP contribution in [0.5, 0.6) is 0 Å². The summed E-state index contributed by atoms with van der Waals surface area (Å²) in [6.45, 7) is 0. The Balaban J connectivity index is 1.42. The molecule has 0 atom stereocenters. The Bertz CT molecular complexity index is 3730. The lowest BCUT2D eigenvalue weighted by atomic mass is 9.99. The van der Waals surface area contributed by atoms with Crippen molar-refractivity contribution in [1.82, 2.24) is 29.9 Å². The van der Waals surface area contributed by atoms with Crippen molar-refractivity contribution in [3.63, 3.8) is 0 Å². The summed E-state index contributed by atoms with van der Waals surface area (Å²) in [4.78, 5) is 21.0. The van der Waals surface area contributed by atoms with E-state index in [0.717, 1.165) is 0 Å². The largest absolute Gasteiger partial charge is 0.239 e. The number of rotatable bonds is 3. The molecule has 0 bridgehead atoms. The fourth-order valence-corrected chi connectivity index (χ4v) is 7.63. The van der Waals surface area contributed by atoms with E-state index in [1.807, 2.05) is 0 Å². The highest BCUT2D eigenvalue weighted by Crippen LogP contribution is 2.45. The van der Waals surface area contributed by atoms with Crippen LogP contribution in [-0.2, 0) is 0 Å². The fourth-order valence-electron chi connectivity index (χ4n) is 7.63. The average molecular weight is 1040 g/mol. The van der Waals surface area contributed by atoms with E-state index in [2.05, 4.69) is 29.9 Å². The molecule has 0 unspecified atom stereocenters. The summed E-state index contributed by atoms with van der Waals surface area (Å²) in [6, 6.07) is 0. The number of hydrogen-bond acceptors (Lipinski definition) is 6. The number of halogens is 24. The molecule has 30 heteroatoms. The molecule has 10 rings (SSSR count). The van der Waals surface area contributed by atoms with Gasteiger partial charge in [-0.3, -0.25) is 0 Å². The van der Waals surface area contributed by atoms with Crippen LogP contribution in [0.15, 0.2) is 0 Å². The number of fused-ring (bicyclic) bond motifs is 9. The van der Waals surface area contributed by atoms with Gasteiger partial charge in [0.05, 0.1) is 33.4 Å². The van der Waals surface area contributed by atoms with Gasteiger partial charge in [-0.1, -0.05) is 0 Å². The summed E-state index contributed by atoms with van der Waals surface area (Å²) in [5.74, 6) is -67.9. The van der Waals surface area contributed by atoms with Gasteiger partial charge in [0, 0.05) is 0 Å². The average Bonchev–Trinajstić information content (AvgIpc) is 3.37. The molecule has 0 fully saturated rings. The molecule has 7 aromatic carbocycles. The molecule has 3 heterocycles. The molecule has 0 amide bonds. The lowest BCUT2D eigenvalue weighted by Crippen LogP contribution is -2.10. The molecule has 0 aliphatic carbocycles. The van der Waals surface area contributed by atoms with Gasteiger partial charge in [-0.15, -0.1) is 0 Å². The van der Waals surface area contributed by atoms with Crippen molar-refractivity contribution in [2.45, 2.75) is 0 Å². The molecule has 6 nitrogen and oxygen atoms in total.